The molecule has 0 amide bonds. The summed E-state index contributed by atoms with van der Waals surface area (Å²) in [6.45, 7) is 10.8. The van der Waals surface area contributed by atoms with Crippen molar-refractivity contribution in [1.82, 2.24) is 4.90 Å². The van der Waals surface area contributed by atoms with Crippen molar-refractivity contribution < 1.29 is 38.5 Å². The SMILES string of the molecule is CCCCOCC(O)CN(CCCSOCC)CC(O)COCCOc1ccc(C(=O)C(C)(C)O)cc1. The van der Waals surface area contributed by atoms with Gasteiger partial charge in [-0.2, -0.15) is 0 Å². The second-order valence-corrected chi connectivity index (χ2v) is 10.3. The van der Waals surface area contributed by atoms with Gasteiger partial charge in [0.25, 0.3) is 0 Å². The number of aliphatic hydroxyl groups excluding tert-OH is 2. The average Bonchev–Trinajstić information content (AvgIpc) is 2.85. The quantitative estimate of drug-likeness (QED) is 0.108. The molecule has 0 aliphatic rings. The van der Waals surface area contributed by atoms with Crippen molar-refractivity contribution >= 4 is 17.8 Å². The van der Waals surface area contributed by atoms with Crippen LogP contribution in [-0.4, -0.2) is 109 Å². The van der Waals surface area contributed by atoms with Gasteiger partial charge in [-0.25, -0.2) is 0 Å². The first kappa shape index (κ1) is 33.8. The summed E-state index contributed by atoms with van der Waals surface area (Å²) in [7, 11) is 0. The van der Waals surface area contributed by atoms with Crippen LogP contribution in [0.3, 0.4) is 0 Å². The highest BCUT2D eigenvalue weighted by Crippen LogP contribution is 2.17. The van der Waals surface area contributed by atoms with Gasteiger partial charge in [0, 0.05) is 31.0 Å². The van der Waals surface area contributed by atoms with Gasteiger partial charge < -0.3 is 33.7 Å². The summed E-state index contributed by atoms with van der Waals surface area (Å²) in [5.41, 5.74) is -1.01. The van der Waals surface area contributed by atoms with E-state index >= 15 is 0 Å². The van der Waals surface area contributed by atoms with Crippen LogP contribution >= 0.6 is 12.0 Å². The number of Topliss-reactive ketones (excluding diaryl/α,β-unsaturated/α-hetero) is 1. The number of nitrogens with zero attached hydrogens (tertiary/aromatic N) is 1. The molecule has 0 aromatic heterocycles. The van der Waals surface area contributed by atoms with Gasteiger partial charge >= 0.3 is 0 Å². The van der Waals surface area contributed by atoms with Crippen molar-refractivity contribution in [3.05, 3.63) is 29.8 Å². The average molecular weight is 546 g/mol. The van der Waals surface area contributed by atoms with Gasteiger partial charge in [0.1, 0.15) is 18.0 Å². The number of ether oxygens (including phenoxy) is 3. The topological polar surface area (TPSA) is 118 Å². The van der Waals surface area contributed by atoms with Crippen LogP contribution in [0, 0.1) is 0 Å². The first-order valence-electron chi connectivity index (χ1n) is 13.2. The Hall–Kier alpha value is -1.24. The van der Waals surface area contributed by atoms with Gasteiger partial charge in [0.15, 0.2) is 5.78 Å². The molecule has 0 radical (unpaired) electrons. The van der Waals surface area contributed by atoms with Crippen molar-refractivity contribution in [3.63, 3.8) is 0 Å². The molecule has 0 saturated carbocycles. The molecule has 0 spiro atoms. The highest BCUT2D eigenvalue weighted by molar-refractivity contribution is 7.94. The molecule has 1 aromatic rings. The minimum Gasteiger partial charge on any atom is -0.491 e. The van der Waals surface area contributed by atoms with Gasteiger partial charge in [0.05, 0.1) is 38.6 Å². The summed E-state index contributed by atoms with van der Waals surface area (Å²) in [6, 6.07) is 6.58. The van der Waals surface area contributed by atoms with Gasteiger partial charge in [-0.1, -0.05) is 13.3 Å². The number of unbranched alkanes of at least 4 members (excludes halogenated alkanes) is 1. The molecule has 0 bridgehead atoms. The first-order chi connectivity index (χ1) is 17.7. The Balaban J connectivity index is 2.37. The van der Waals surface area contributed by atoms with Crippen molar-refractivity contribution in [2.24, 2.45) is 0 Å². The van der Waals surface area contributed by atoms with Crippen molar-refractivity contribution in [1.29, 1.82) is 0 Å². The second kappa shape index (κ2) is 19.8. The fourth-order valence-corrected chi connectivity index (χ4v) is 3.94. The van der Waals surface area contributed by atoms with Crippen LogP contribution in [0.1, 0.15) is 57.3 Å². The van der Waals surface area contributed by atoms with E-state index in [1.807, 2.05) is 11.8 Å². The Kier molecular flexibility index (Phi) is 18.1. The Morgan fingerprint density at radius 2 is 1.59 bits per heavy atom. The maximum Gasteiger partial charge on any atom is 0.193 e. The summed E-state index contributed by atoms with van der Waals surface area (Å²) >= 11 is 1.43. The van der Waals surface area contributed by atoms with E-state index in [9.17, 15) is 20.1 Å². The zero-order valence-electron chi connectivity index (χ0n) is 22.9. The third-order valence-electron chi connectivity index (χ3n) is 5.27. The number of ketones is 1. The van der Waals surface area contributed by atoms with E-state index in [-0.39, 0.29) is 25.6 Å². The molecular weight excluding hydrogens is 498 g/mol. The summed E-state index contributed by atoms with van der Waals surface area (Å²) in [5.74, 6) is 1.07. The number of hydrogen-bond acceptors (Lipinski definition) is 10. The Morgan fingerprint density at radius 3 is 2.16 bits per heavy atom. The summed E-state index contributed by atoms with van der Waals surface area (Å²) in [6.07, 6.45) is 1.56. The molecule has 0 saturated heterocycles. The number of rotatable bonds is 23. The molecule has 0 heterocycles. The second-order valence-electron chi connectivity index (χ2n) is 9.41. The van der Waals surface area contributed by atoms with Gasteiger partial charge in [0.2, 0.25) is 0 Å². The molecule has 2 unspecified atom stereocenters. The molecule has 1 rings (SSSR count). The number of carbonyl (C=O) groups excluding carboxylic acids is 1. The Morgan fingerprint density at radius 1 is 0.973 bits per heavy atom. The van der Waals surface area contributed by atoms with Crippen LogP contribution in [-0.2, 0) is 13.7 Å². The zero-order valence-corrected chi connectivity index (χ0v) is 23.7. The monoisotopic (exact) mass is 545 g/mol. The molecule has 3 N–H and O–H groups in total. The number of aliphatic hydroxyl groups is 3. The Labute approximate surface area is 226 Å². The molecule has 0 aliphatic heterocycles. The van der Waals surface area contributed by atoms with Crippen LogP contribution in [0.2, 0.25) is 0 Å². The first-order valence-corrected chi connectivity index (χ1v) is 14.1. The molecule has 9 nitrogen and oxygen atoms in total. The van der Waals surface area contributed by atoms with Crippen LogP contribution in [0.4, 0.5) is 0 Å². The van der Waals surface area contributed by atoms with E-state index in [1.165, 1.54) is 25.9 Å². The highest BCUT2D eigenvalue weighted by Gasteiger charge is 2.25. The fourth-order valence-electron chi connectivity index (χ4n) is 3.41. The molecular formula is C27H47NO8S. The van der Waals surface area contributed by atoms with E-state index in [4.69, 9.17) is 18.4 Å². The third kappa shape index (κ3) is 16.4. The van der Waals surface area contributed by atoms with Crippen molar-refractivity contribution in [3.8, 4) is 5.75 Å². The predicted octanol–water partition coefficient (Wildman–Crippen LogP) is 2.95. The maximum absolute atomic E-state index is 12.1. The van der Waals surface area contributed by atoms with E-state index in [1.54, 1.807) is 24.3 Å². The van der Waals surface area contributed by atoms with Gasteiger partial charge in [-0.3, -0.25) is 9.69 Å². The lowest BCUT2D eigenvalue weighted by atomic mass is 9.97. The predicted molar refractivity (Wildman–Crippen MR) is 146 cm³/mol. The third-order valence-corrected chi connectivity index (χ3v) is 6.13. The van der Waals surface area contributed by atoms with Crippen LogP contribution in [0.25, 0.3) is 0 Å². The summed E-state index contributed by atoms with van der Waals surface area (Å²) in [5, 5.41) is 30.7. The number of hydrogen-bond donors (Lipinski definition) is 3. The lowest BCUT2D eigenvalue weighted by molar-refractivity contribution is -0.0136. The Bertz CT molecular complexity index is 713. The standard InChI is InChI=1S/C27H47NO8S/c1-5-7-14-33-20-23(29)18-28(13-8-17-37-36-6-2)19-24(30)21-34-15-16-35-25-11-9-22(10-12-25)26(31)27(3,4)32/h9-12,23-24,29-30,32H,5-8,13-21H2,1-4H3. The maximum atomic E-state index is 12.1. The van der Waals surface area contributed by atoms with E-state index in [0.717, 1.165) is 31.6 Å². The van der Waals surface area contributed by atoms with Crippen molar-refractivity contribution in [2.45, 2.75) is 64.8 Å². The molecule has 1 aromatic carbocycles. The van der Waals surface area contributed by atoms with Crippen LogP contribution in [0.5, 0.6) is 5.75 Å². The molecule has 2 atom stereocenters. The van der Waals surface area contributed by atoms with E-state index < -0.39 is 17.8 Å². The molecule has 0 aliphatic carbocycles. The zero-order chi connectivity index (χ0) is 27.5. The number of carbonyl (C=O) groups is 1. The molecule has 37 heavy (non-hydrogen) atoms. The lowest BCUT2D eigenvalue weighted by Crippen LogP contribution is -2.41. The summed E-state index contributed by atoms with van der Waals surface area (Å²) in [4.78, 5) is 14.1. The highest BCUT2D eigenvalue weighted by atomic mass is 32.2. The molecule has 0 fully saturated rings. The van der Waals surface area contributed by atoms with Gasteiger partial charge in [-0.05, 0) is 76.5 Å². The lowest BCUT2D eigenvalue weighted by Gasteiger charge is -2.27. The van der Waals surface area contributed by atoms with E-state index in [2.05, 4.69) is 6.92 Å². The minimum atomic E-state index is -1.42. The minimum absolute atomic E-state index is 0.148. The van der Waals surface area contributed by atoms with Gasteiger partial charge in [-0.15, -0.1) is 0 Å². The smallest absolute Gasteiger partial charge is 0.193 e. The van der Waals surface area contributed by atoms with E-state index in [0.29, 0.717) is 44.2 Å². The largest absolute Gasteiger partial charge is 0.491 e. The molecule has 10 heteroatoms. The normalized spacial score (nSPS) is 13.6. The number of benzene rings is 1. The van der Waals surface area contributed by atoms with Crippen LogP contribution < -0.4 is 4.74 Å². The van der Waals surface area contributed by atoms with Crippen molar-refractivity contribution in [2.75, 3.05) is 65.0 Å². The molecule has 214 valence electrons. The fraction of sp³-hybridized carbons (Fsp3) is 0.741. The summed E-state index contributed by atoms with van der Waals surface area (Å²) < 4.78 is 22.1. The van der Waals surface area contributed by atoms with Crippen LogP contribution in [0.15, 0.2) is 24.3 Å².